The van der Waals surface area contributed by atoms with Gasteiger partial charge in [-0.3, -0.25) is 4.79 Å². The van der Waals surface area contributed by atoms with E-state index in [1.165, 1.54) is 0 Å². The van der Waals surface area contributed by atoms with E-state index in [9.17, 15) is 9.90 Å². The Morgan fingerprint density at radius 1 is 1.19 bits per heavy atom. The Labute approximate surface area is 166 Å². The number of carbonyl (C=O) groups excluding carboxylic acids is 1. The number of phenols is 1. The molecule has 0 radical (unpaired) electrons. The van der Waals surface area contributed by atoms with Crippen LogP contribution in [0.25, 0.3) is 5.69 Å². The van der Waals surface area contributed by atoms with Crippen LogP contribution in [-0.2, 0) is 5.41 Å². The van der Waals surface area contributed by atoms with Crippen LogP contribution in [0.2, 0.25) is 0 Å². The van der Waals surface area contributed by atoms with Crippen molar-refractivity contribution in [2.45, 2.75) is 33.1 Å². The van der Waals surface area contributed by atoms with Crippen LogP contribution in [-0.4, -0.2) is 26.0 Å². The molecule has 6 nitrogen and oxygen atoms in total. The number of aromatic hydroxyl groups is 1. The first kappa shape index (κ1) is 19.1. The molecule has 3 rings (SSSR count). The van der Waals surface area contributed by atoms with Gasteiger partial charge < -0.3 is 10.4 Å². The first-order chi connectivity index (χ1) is 12.7. The number of hydrogen-bond acceptors (Lipinski definition) is 4. The van der Waals surface area contributed by atoms with E-state index in [1.807, 2.05) is 30.3 Å². The van der Waals surface area contributed by atoms with Crippen LogP contribution in [0.15, 0.2) is 46.9 Å². The van der Waals surface area contributed by atoms with Gasteiger partial charge in [0.1, 0.15) is 5.75 Å². The van der Waals surface area contributed by atoms with Crippen LogP contribution in [0.1, 0.15) is 42.5 Å². The van der Waals surface area contributed by atoms with Crippen LogP contribution in [0.3, 0.4) is 0 Å². The summed E-state index contributed by atoms with van der Waals surface area (Å²) >= 11 is 3.43. The first-order valence-corrected chi connectivity index (χ1v) is 9.29. The minimum atomic E-state index is -0.421. The minimum Gasteiger partial charge on any atom is -0.506 e. The molecule has 0 saturated heterocycles. The maximum Gasteiger partial charge on any atom is 0.278 e. The Bertz CT molecular complexity index is 1010. The fourth-order valence-corrected chi connectivity index (χ4v) is 3.06. The highest BCUT2D eigenvalue weighted by atomic mass is 79.9. The van der Waals surface area contributed by atoms with Crippen molar-refractivity contribution in [2.75, 3.05) is 5.32 Å². The van der Waals surface area contributed by atoms with Gasteiger partial charge in [0.2, 0.25) is 0 Å². The van der Waals surface area contributed by atoms with Gasteiger partial charge in [0.05, 0.1) is 17.1 Å². The molecule has 7 heteroatoms. The van der Waals surface area contributed by atoms with Crippen LogP contribution in [0, 0.1) is 6.92 Å². The number of carbonyl (C=O) groups is 1. The van der Waals surface area contributed by atoms with E-state index >= 15 is 0 Å². The summed E-state index contributed by atoms with van der Waals surface area (Å²) in [5.41, 5.74) is 2.86. The van der Waals surface area contributed by atoms with Gasteiger partial charge in [-0.1, -0.05) is 54.0 Å². The molecule has 0 aliphatic heterocycles. The Morgan fingerprint density at radius 3 is 2.59 bits per heavy atom. The molecule has 1 heterocycles. The summed E-state index contributed by atoms with van der Waals surface area (Å²) in [6.07, 6.45) is 0. The summed E-state index contributed by atoms with van der Waals surface area (Å²) in [5, 5.41) is 21.0. The highest BCUT2D eigenvalue weighted by molar-refractivity contribution is 9.10. The number of nitrogens with zero attached hydrogens (tertiary/aromatic N) is 3. The second-order valence-corrected chi connectivity index (χ2v) is 8.27. The van der Waals surface area contributed by atoms with Crippen molar-refractivity contribution < 1.29 is 9.90 Å². The van der Waals surface area contributed by atoms with Gasteiger partial charge in [0.25, 0.3) is 5.91 Å². The SMILES string of the molecule is Cc1c(C(=O)Nc2cc(C(C)(C)C)ccc2O)nnn1-c1cccc(Br)c1. The van der Waals surface area contributed by atoms with Gasteiger partial charge >= 0.3 is 0 Å². The zero-order chi connectivity index (χ0) is 19.8. The maximum atomic E-state index is 12.7. The van der Waals surface area contributed by atoms with Crippen LogP contribution >= 0.6 is 15.9 Å². The number of halogens is 1. The summed E-state index contributed by atoms with van der Waals surface area (Å²) in [6.45, 7) is 7.98. The molecule has 0 bridgehead atoms. The molecule has 0 atom stereocenters. The molecule has 0 aliphatic carbocycles. The van der Waals surface area contributed by atoms with Gasteiger partial charge in [-0.2, -0.15) is 0 Å². The number of nitrogens with one attached hydrogen (secondary N) is 1. The highest BCUT2D eigenvalue weighted by Crippen LogP contribution is 2.31. The van der Waals surface area contributed by atoms with E-state index in [4.69, 9.17) is 0 Å². The third kappa shape index (κ3) is 4.03. The zero-order valence-corrected chi connectivity index (χ0v) is 17.2. The van der Waals surface area contributed by atoms with E-state index in [1.54, 1.807) is 23.7 Å². The normalized spacial score (nSPS) is 11.4. The summed E-state index contributed by atoms with van der Waals surface area (Å²) in [6, 6.07) is 12.8. The van der Waals surface area contributed by atoms with Crippen LogP contribution < -0.4 is 5.32 Å². The summed E-state index contributed by atoms with van der Waals surface area (Å²) < 4.78 is 2.51. The molecule has 0 spiro atoms. The molecule has 0 fully saturated rings. The highest BCUT2D eigenvalue weighted by Gasteiger charge is 2.20. The fourth-order valence-electron chi connectivity index (χ4n) is 2.68. The average molecular weight is 429 g/mol. The molecule has 0 unspecified atom stereocenters. The molecule has 1 aromatic heterocycles. The zero-order valence-electron chi connectivity index (χ0n) is 15.6. The minimum absolute atomic E-state index is 0.00776. The molecule has 2 aromatic carbocycles. The standard InChI is InChI=1S/C20H21BrN4O2/c1-12-18(23-24-25(12)15-7-5-6-14(21)11-15)19(27)22-16-10-13(20(2,3)4)8-9-17(16)26/h5-11,26H,1-4H3,(H,22,27). The Balaban J connectivity index is 1.90. The van der Waals surface area contributed by atoms with Crippen molar-refractivity contribution >= 4 is 27.5 Å². The number of hydrogen-bond donors (Lipinski definition) is 2. The molecule has 0 aliphatic rings. The Morgan fingerprint density at radius 2 is 1.93 bits per heavy atom. The summed E-state index contributed by atoms with van der Waals surface area (Å²) in [7, 11) is 0. The van der Waals surface area contributed by atoms with Crippen molar-refractivity contribution in [3.05, 3.63) is 63.9 Å². The number of benzene rings is 2. The van der Waals surface area contributed by atoms with Crippen LogP contribution in [0.5, 0.6) is 5.75 Å². The van der Waals surface area contributed by atoms with E-state index in [2.05, 4.69) is 52.3 Å². The number of aromatic nitrogens is 3. The summed E-state index contributed by atoms with van der Waals surface area (Å²) in [5.74, 6) is -0.413. The lowest BCUT2D eigenvalue weighted by Gasteiger charge is -2.20. The lowest BCUT2D eigenvalue weighted by Crippen LogP contribution is -2.16. The van der Waals surface area contributed by atoms with Crippen molar-refractivity contribution in [1.29, 1.82) is 0 Å². The Kier molecular flexibility index (Phi) is 5.06. The summed E-state index contributed by atoms with van der Waals surface area (Å²) in [4.78, 5) is 12.7. The fraction of sp³-hybridized carbons (Fsp3) is 0.250. The Hall–Kier alpha value is -2.67. The molecule has 27 heavy (non-hydrogen) atoms. The predicted octanol–water partition coefficient (Wildman–Crippen LogP) is 4.59. The predicted molar refractivity (Wildman–Crippen MR) is 109 cm³/mol. The van der Waals surface area contributed by atoms with E-state index < -0.39 is 5.91 Å². The van der Waals surface area contributed by atoms with E-state index in [0.29, 0.717) is 11.4 Å². The lowest BCUT2D eigenvalue weighted by atomic mass is 9.87. The monoisotopic (exact) mass is 428 g/mol. The topological polar surface area (TPSA) is 80.0 Å². The van der Waals surface area contributed by atoms with Crippen molar-refractivity contribution in [3.8, 4) is 11.4 Å². The maximum absolute atomic E-state index is 12.7. The third-order valence-corrected chi connectivity index (χ3v) is 4.77. The van der Waals surface area contributed by atoms with Gasteiger partial charge in [-0.15, -0.1) is 5.10 Å². The number of amides is 1. The molecule has 0 saturated carbocycles. The number of rotatable bonds is 3. The molecular weight excluding hydrogens is 408 g/mol. The second kappa shape index (κ2) is 7.15. The molecule has 2 N–H and O–H groups in total. The number of phenolic OH excluding ortho intramolecular Hbond substituents is 1. The third-order valence-electron chi connectivity index (χ3n) is 4.27. The van der Waals surface area contributed by atoms with Crippen molar-refractivity contribution in [1.82, 2.24) is 15.0 Å². The molecule has 1 amide bonds. The average Bonchev–Trinajstić information content (AvgIpc) is 2.97. The second-order valence-electron chi connectivity index (χ2n) is 7.35. The molecular formula is C20H21BrN4O2. The molecule has 140 valence electrons. The van der Waals surface area contributed by atoms with Crippen molar-refractivity contribution in [3.63, 3.8) is 0 Å². The lowest BCUT2D eigenvalue weighted by molar-refractivity contribution is 0.102. The van der Waals surface area contributed by atoms with Gasteiger partial charge in [-0.05, 0) is 48.2 Å². The largest absolute Gasteiger partial charge is 0.506 e. The molecule has 3 aromatic rings. The van der Waals surface area contributed by atoms with Gasteiger partial charge in [-0.25, -0.2) is 4.68 Å². The quantitative estimate of drug-likeness (QED) is 0.597. The van der Waals surface area contributed by atoms with Crippen LogP contribution in [0.4, 0.5) is 5.69 Å². The van der Waals surface area contributed by atoms with Crippen molar-refractivity contribution in [2.24, 2.45) is 0 Å². The van der Waals surface area contributed by atoms with E-state index in [-0.39, 0.29) is 16.9 Å². The van der Waals surface area contributed by atoms with E-state index in [0.717, 1.165) is 15.7 Å². The van der Waals surface area contributed by atoms with Gasteiger partial charge in [0, 0.05) is 4.47 Å². The first-order valence-electron chi connectivity index (χ1n) is 8.50. The van der Waals surface area contributed by atoms with Gasteiger partial charge in [0.15, 0.2) is 5.69 Å². The smallest absolute Gasteiger partial charge is 0.278 e. The number of anilines is 1.